The highest BCUT2D eigenvalue weighted by molar-refractivity contribution is 8.18. The number of phenolic OH excluding ortho intramolecular Hbond substituents is 1. The lowest BCUT2D eigenvalue weighted by molar-refractivity contribution is -0.127. The summed E-state index contributed by atoms with van der Waals surface area (Å²) in [7, 11) is 1.43. The van der Waals surface area contributed by atoms with Gasteiger partial charge in [-0.3, -0.25) is 19.3 Å². The number of rotatable bonds is 5. The number of carbonyl (C=O) groups excluding carboxylic acids is 3. The molecule has 0 bridgehead atoms. The van der Waals surface area contributed by atoms with Gasteiger partial charge in [-0.1, -0.05) is 18.2 Å². The topological polar surface area (TPSA) is 95.9 Å². The van der Waals surface area contributed by atoms with E-state index in [-0.39, 0.29) is 17.2 Å². The van der Waals surface area contributed by atoms with E-state index in [1.54, 1.807) is 18.2 Å². The minimum Gasteiger partial charge on any atom is -0.504 e. The van der Waals surface area contributed by atoms with Crippen molar-refractivity contribution < 1.29 is 24.2 Å². The molecule has 29 heavy (non-hydrogen) atoms. The Bertz CT molecular complexity index is 1030. The second-order valence-corrected chi connectivity index (χ2v) is 7.49. The molecule has 3 rings (SSSR count). The molecule has 2 aromatic rings. The fourth-order valence-corrected chi connectivity index (χ4v) is 3.64. The Hall–Kier alpha value is -3.26. The number of carbonyl (C=O) groups is 3. The van der Waals surface area contributed by atoms with Crippen LogP contribution >= 0.6 is 11.8 Å². The number of hydrogen-bond donors (Lipinski definition) is 2. The molecule has 8 heteroatoms. The Kier molecular flexibility index (Phi) is 5.93. The van der Waals surface area contributed by atoms with Crippen LogP contribution in [0.15, 0.2) is 41.3 Å². The van der Waals surface area contributed by atoms with Crippen LogP contribution in [-0.4, -0.2) is 40.7 Å². The highest BCUT2D eigenvalue weighted by atomic mass is 32.2. The lowest BCUT2D eigenvalue weighted by Gasteiger charge is -2.14. The molecule has 1 aliphatic rings. The third-order valence-corrected chi connectivity index (χ3v) is 5.46. The molecular weight excluding hydrogens is 392 g/mol. The van der Waals surface area contributed by atoms with Crippen molar-refractivity contribution in [2.75, 3.05) is 19.0 Å². The normalized spacial score (nSPS) is 15.1. The van der Waals surface area contributed by atoms with Crippen LogP contribution in [0.2, 0.25) is 0 Å². The number of ether oxygens (including phenoxy) is 1. The zero-order chi connectivity index (χ0) is 21.1. The summed E-state index contributed by atoms with van der Waals surface area (Å²) in [6, 6.07) is 10.2. The molecule has 1 fully saturated rings. The Morgan fingerprint density at radius 2 is 2.00 bits per heavy atom. The van der Waals surface area contributed by atoms with Crippen molar-refractivity contribution >= 4 is 40.6 Å². The van der Waals surface area contributed by atoms with Gasteiger partial charge in [0.1, 0.15) is 6.54 Å². The summed E-state index contributed by atoms with van der Waals surface area (Å²) in [5.74, 6) is -0.775. The maximum Gasteiger partial charge on any atom is 0.294 e. The first-order chi connectivity index (χ1) is 13.8. The number of hydrogen-bond acceptors (Lipinski definition) is 6. The lowest BCUT2D eigenvalue weighted by Crippen LogP contribution is -2.36. The van der Waals surface area contributed by atoms with Crippen LogP contribution in [0.3, 0.4) is 0 Å². The molecule has 1 heterocycles. The number of thioether (sulfide) groups is 1. The van der Waals surface area contributed by atoms with E-state index < -0.39 is 17.1 Å². The number of anilines is 1. The van der Waals surface area contributed by atoms with Gasteiger partial charge in [0, 0.05) is 5.69 Å². The summed E-state index contributed by atoms with van der Waals surface area (Å²) in [6.45, 7) is 3.45. The van der Waals surface area contributed by atoms with Crippen LogP contribution in [0, 0.1) is 13.8 Å². The minimum absolute atomic E-state index is 0.0756. The number of nitrogens with one attached hydrogen (secondary N) is 1. The van der Waals surface area contributed by atoms with Crippen molar-refractivity contribution in [1.82, 2.24) is 4.90 Å². The van der Waals surface area contributed by atoms with Gasteiger partial charge in [-0.15, -0.1) is 0 Å². The third-order valence-electron chi connectivity index (χ3n) is 4.55. The molecule has 7 nitrogen and oxygen atoms in total. The first-order valence-corrected chi connectivity index (χ1v) is 9.60. The number of benzene rings is 2. The molecule has 2 aromatic carbocycles. The van der Waals surface area contributed by atoms with E-state index >= 15 is 0 Å². The summed E-state index contributed by atoms with van der Waals surface area (Å²) in [5, 5.41) is 12.1. The molecule has 0 atom stereocenters. The van der Waals surface area contributed by atoms with E-state index in [9.17, 15) is 19.5 Å². The summed E-state index contributed by atoms with van der Waals surface area (Å²) in [5.41, 5.74) is 3.13. The molecule has 0 saturated carbocycles. The summed E-state index contributed by atoms with van der Waals surface area (Å²) in [4.78, 5) is 38.3. The van der Waals surface area contributed by atoms with Gasteiger partial charge in [0.25, 0.3) is 11.1 Å². The molecular formula is C21H20N2O5S. The smallest absolute Gasteiger partial charge is 0.294 e. The van der Waals surface area contributed by atoms with Crippen molar-refractivity contribution in [2.45, 2.75) is 13.8 Å². The highest BCUT2D eigenvalue weighted by Crippen LogP contribution is 2.34. The molecule has 2 N–H and O–H groups in total. The number of imide groups is 1. The van der Waals surface area contributed by atoms with Gasteiger partial charge in [0.2, 0.25) is 5.91 Å². The molecule has 3 amide bonds. The van der Waals surface area contributed by atoms with Crippen molar-refractivity contribution in [3.63, 3.8) is 0 Å². The van der Waals surface area contributed by atoms with Crippen LogP contribution in [0.5, 0.6) is 11.5 Å². The Labute approximate surface area is 172 Å². The number of methoxy groups -OCH3 is 1. The van der Waals surface area contributed by atoms with Gasteiger partial charge in [0.05, 0.1) is 12.0 Å². The number of phenols is 1. The monoisotopic (exact) mass is 412 g/mol. The Morgan fingerprint density at radius 3 is 2.69 bits per heavy atom. The van der Waals surface area contributed by atoms with Crippen LogP contribution in [0.25, 0.3) is 6.08 Å². The lowest BCUT2D eigenvalue weighted by atomic mass is 10.1. The number of aryl methyl sites for hydroxylation is 1. The van der Waals surface area contributed by atoms with Gasteiger partial charge in [-0.2, -0.15) is 0 Å². The van der Waals surface area contributed by atoms with E-state index in [4.69, 9.17) is 4.74 Å². The second-order valence-electron chi connectivity index (χ2n) is 6.49. The van der Waals surface area contributed by atoms with E-state index in [0.29, 0.717) is 17.0 Å². The summed E-state index contributed by atoms with van der Waals surface area (Å²) in [6.07, 6.45) is 1.49. The zero-order valence-electron chi connectivity index (χ0n) is 16.2. The Morgan fingerprint density at radius 1 is 1.24 bits per heavy atom. The quantitative estimate of drug-likeness (QED) is 0.727. The first-order valence-electron chi connectivity index (χ1n) is 8.78. The van der Waals surface area contributed by atoms with Crippen molar-refractivity contribution in [3.05, 3.63) is 58.0 Å². The maximum absolute atomic E-state index is 12.6. The molecule has 0 aliphatic carbocycles. The molecule has 0 radical (unpaired) electrons. The molecule has 1 saturated heterocycles. The van der Waals surface area contributed by atoms with Gasteiger partial charge in [-0.05, 0) is 66.6 Å². The highest BCUT2D eigenvalue weighted by Gasteiger charge is 2.36. The van der Waals surface area contributed by atoms with Gasteiger partial charge < -0.3 is 15.2 Å². The van der Waals surface area contributed by atoms with Crippen LogP contribution < -0.4 is 10.1 Å². The summed E-state index contributed by atoms with van der Waals surface area (Å²) < 4.78 is 4.98. The van der Waals surface area contributed by atoms with E-state index in [2.05, 4.69) is 5.32 Å². The molecule has 150 valence electrons. The fraction of sp³-hybridized carbons (Fsp3) is 0.190. The van der Waals surface area contributed by atoms with E-state index in [1.165, 1.54) is 19.3 Å². The van der Waals surface area contributed by atoms with E-state index in [0.717, 1.165) is 27.8 Å². The van der Waals surface area contributed by atoms with Crippen LogP contribution in [-0.2, 0) is 9.59 Å². The maximum atomic E-state index is 12.6. The number of nitrogens with zero attached hydrogens (tertiary/aromatic N) is 1. The molecule has 0 spiro atoms. The Balaban J connectivity index is 1.72. The minimum atomic E-state index is -0.550. The van der Waals surface area contributed by atoms with Gasteiger partial charge in [0.15, 0.2) is 11.5 Å². The van der Waals surface area contributed by atoms with E-state index in [1.807, 2.05) is 26.0 Å². The zero-order valence-corrected chi connectivity index (χ0v) is 17.0. The predicted molar refractivity (Wildman–Crippen MR) is 112 cm³/mol. The number of aromatic hydroxyl groups is 1. The average Bonchev–Trinajstić information content (AvgIpc) is 2.93. The molecule has 1 aliphatic heterocycles. The van der Waals surface area contributed by atoms with Crippen LogP contribution in [0.1, 0.15) is 16.7 Å². The summed E-state index contributed by atoms with van der Waals surface area (Å²) >= 11 is 0.752. The standard InChI is InChI=1S/C21H20N2O5S/c1-12-5-4-6-15(13(12)2)22-19(25)11-23-20(26)18(29-21(23)27)10-14-7-8-17(28-3)16(24)9-14/h4-10,24H,11H2,1-3H3,(H,22,25)/b18-10+. The predicted octanol–water partition coefficient (Wildman–Crippen LogP) is 3.69. The number of amides is 3. The van der Waals surface area contributed by atoms with Crippen LogP contribution in [0.4, 0.5) is 10.5 Å². The second kappa shape index (κ2) is 8.40. The van der Waals surface area contributed by atoms with Crippen molar-refractivity contribution in [1.29, 1.82) is 0 Å². The average molecular weight is 412 g/mol. The van der Waals surface area contributed by atoms with Gasteiger partial charge >= 0.3 is 0 Å². The first kappa shape index (κ1) is 20.5. The van der Waals surface area contributed by atoms with Gasteiger partial charge in [-0.25, -0.2) is 0 Å². The SMILES string of the molecule is COc1ccc(/C=C2/SC(=O)N(CC(=O)Nc3cccc(C)c3C)C2=O)cc1O. The third kappa shape index (κ3) is 4.43. The van der Waals surface area contributed by atoms with Crippen molar-refractivity contribution in [3.8, 4) is 11.5 Å². The molecule has 0 unspecified atom stereocenters. The van der Waals surface area contributed by atoms with Crippen molar-refractivity contribution in [2.24, 2.45) is 0 Å². The molecule has 0 aromatic heterocycles. The fourth-order valence-electron chi connectivity index (χ4n) is 2.80. The largest absolute Gasteiger partial charge is 0.504 e.